The number of halogens is 1. The van der Waals surface area contributed by atoms with Crippen LogP contribution >= 0.6 is 15.9 Å². The first kappa shape index (κ1) is 12.8. The number of ether oxygens (including phenoxy) is 2. The molecule has 0 aliphatic heterocycles. The summed E-state index contributed by atoms with van der Waals surface area (Å²) in [5.41, 5.74) is 7.53. The number of hydrogen-bond donors (Lipinski definition) is 1. The SMILES string of the molecule is COc1cccc(OCc2cccc(N)c2Br)c1. The van der Waals surface area contributed by atoms with Gasteiger partial charge in [0.1, 0.15) is 18.1 Å². The maximum Gasteiger partial charge on any atom is 0.123 e. The van der Waals surface area contributed by atoms with Gasteiger partial charge in [0.25, 0.3) is 0 Å². The van der Waals surface area contributed by atoms with Crippen molar-refractivity contribution in [1.82, 2.24) is 0 Å². The number of nitrogens with two attached hydrogens (primary N) is 1. The first-order chi connectivity index (χ1) is 8.70. The van der Waals surface area contributed by atoms with Crippen molar-refractivity contribution >= 4 is 21.6 Å². The lowest BCUT2D eigenvalue weighted by atomic mass is 10.2. The quantitative estimate of drug-likeness (QED) is 0.877. The van der Waals surface area contributed by atoms with Crippen LogP contribution in [0, 0.1) is 0 Å². The largest absolute Gasteiger partial charge is 0.497 e. The fraction of sp³-hybridized carbons (Fsp3) is 0.143. The van der Waals surface area contributed by atoms with Gasteiger partial charge in [0.15, 0.2) is 0 Å². The minimum atomic E-state index is 0.457. The summed E-state index contributed by atoms with van der Waals surface area (Å²) in [5, 5.41) is 0. The minimum absolute atomic E-state index is 0.457. The van der Waals surface area contributed by atoms with Crippen molar-refractivity contribution in [2.45, 2.75) is 6.61 Å². The van der Waals surface area contributed by atoms with Gasteiger partial charge in [-0.15, -0.1) is 0 Å². The van der Waals surface area contributed by atoms with Crippen LogP contribution in [0.5, 0.6) is 11.5 Å². The van der Waals surface area contributed by atoms with Crippen molar-refractivity contribution in [3.8, 4) is 11.5 Å². The molecule has 3 nitrogen and oxygen atoms in total. The van der Waals surface area contributed by atoms with Crippen molar-refractivity contribution in [3.05, 3.63) is 52.5 Å². The number of benzene rings is 2. The van der Waals surface area contributed by atoms with E-state index in [1.807, 2.05) is 42.5 Å². The average molecular weight is 308 g/mol. The molecule has 0 atom stereocenters. The van der Waals surface area contributed by atoms with Crippen LogP contribution in [-0.2, 0) is 6.61 Å². The molecule has 18 heavy (non-hydrogen) atoms. The van der Waals surface area contributed by atoms with E-state index in [2.05, 4.69) is 15.9 Å². The summed E-state index contributed by atoms with van der Waals surface area (Å²) >= 11 is 3.45. The van der Waals surface area contributed by atoms with E-state index >= 15 is 0 Å². The number of hydrogen-bond acceptors (Lipinski definition) is 3. The zero-order valence-electron chi connectivity index (χ0n) is 10.0. The molecule has 0 amide bonds. The first-order valence-corrected chi connectivity index (χ1v) is 6.29. The Hall–Kier alpha value is -1.68. The van der Waals surface area contributed by atoms with E-state index in [0.29, 0.717) is 12.3 Å². The van der Waals surface area contributed by atoms with E-state index in [1.165, 1.54) is 0 Å². The van der Waals surface area contributed by atoms with Gasteiger partial charge in [-0.05, 0) is 34.1 Å². The molecular weight excluding hydrogens is 294 g/mol. The van der Waals surface area contributed by atoms with E-state index in [1.54, 1.807) is 7.11 Å². The van der Waals surface area contributed by atoms with Crippen LogP contribution in [0.25, 0.3) is 0 Å². The molecule has 0 aromatic heterocycles. The van der Waals surface area contributed by atoms with Gasteiger partial charge in [0.05, 0.1) is 7.11 Å². The predicted molar refractivity (Wildman–Crippen MR) is 75.9 cm³/mol. The second-order valence-electron chi connectivity index (χ2n) is 3.79. The average Bonchev–Trinajstić information content (AvgIpc) is 2.41. The fourth-order valence-electron chi connectivity index (χ4n) is 1.56. The molecule has 0 fully saturated rings. The molecule has 2 aromatic carbocycles. The van der Waals surface area contributed by atoms with Crippen LogP contribution in [0.1, 0.15) is 5.56 Å². The molecule has 4 heteroatoms. The Labute approximate surface area is 115 Å². The van der Waals surface area contributed by atoms with Crippen molar-refractivity contribution in [2.24, 2.45) is 0 Å². The number of methoxy groups -OCH3 is 1. The van der Waals surface area contributed by atoms with Crippen LogP contribution in [0.4, 0.5) is 5.69 Å². The van der Waals surface area contributed by atoms with Crippen LogP contribution in [0.15, 0.2) is 46.9 Å². The van der Waals surface area contributed by atoms with Gasteiger partial charge >= 0.3 is 0 Å². The van der Waals surface area contributed by atoms with E-state index in [0.717, 1.165) is 21.5 Å². The highest BCUT2D eigenvalue weighted by Crippen LogP contribution is 2.26. The Morgan fingerprint density at radius 3 is 2.61 bits per heavy atom. The molecule has 0 aliphatic rings. The lowest BCUT2D eigenvalue weighted by Crippen LogP contribution is -1.98. The van der Waals surface area contributed by atoms with Gasteiger partial charge in [-0.3, -0.25) is 0 Å². The summed E-state index contributed by atoms with van der Waals surface area (Å²) in [6, 6.07) is 13.2. The van der Waals surface area contributed by atoms with Crippen LogP contribution in [0.3, 0.4) is 0 Å². The van der Waals surface area contributed by atoms with Gasteiger partial charge < -0.3 is 15.2 Å². The standard InChI is InChI=1S/C14H14BrNO2/c1-17-11-5-3-6-12(8-11)18-9-10-4-2-7-13(16)14(10)15/h2-8H,9,16H2,1H3. The Morgan fingerprint density at radius 1 is 1.11 bits per heavy atom. The van der Waals surface area contributed by atoms with Crippen molar-refractivity contribution in [3.63, 3.8) is 0 Å². The monoisotopic (exact) mass is 307 g/mol. The summed E-state index contributed by atoms with van der Waals surface area (Å²) < 4.78 is 11.7. The van der Waals surface area contributed by atoms with E-state index < -0.39 is 0 Å². The molecule has 2 rings (SSSR count). The smallest absolute Gasteiger partial charge is 0.123 e. The zero-order chi connectivity index (χ0) is 13.0. The third-order valence-electron chi connectivity index (χ3n) is 2.54. The Kier molecular flexibility index (Phi) is 4.10. The highest BCUT2D eigenvalue weighted by molar-refractivity contribution is 9.10. The summed E-state index contributed by atoms with van der Waals surface area (Å²) in [4.78, 5) is 0. The number of nitrogen functional groups attached to an aromatic ring is 1. The highest BCUT2D eigenvalue weighted by Gasteiger charge is 2.04. The molecule has 0 radical (unpaired) electrons. The second kappa shape index (κ2) is 5.78. The summed E-state index contributed by atoms with van der Waals surface area (Å²) in [7, 11) is 1.63. The van der Waals surface area contributed by atoms with E-state index in [9.17, 15) is 0 Å². The Morgan fingerprint density at radius 2 is 1.83 bits per heavy atom. The molecule has 94 valence electrons. The predicted octanol–water partition coefficient (Wildman–Crippen LogP) is 3.62. The fourth-order valence-corrected chi connectivity index (χ4v) is 1.94. The molecular formula is C14H14BrNO2. The van der Waals surface area contributed by atoms with Crippen LogP contribution in [-0.4, -0.2) is 7.11 Å². The van der Waals surface area contributed by atoms with Gasteiger partial charge in [0, 0.05) is 21.8 Å². The third-order valence-corrected chi connectivity index (χ3v) is 3.51. The maximum absolute atomic E-state index is 5.81. The maximum atomic E-state index is 5.81. The lowest BCUT2D eigenvalue weighted by Gasteiger charge is -2.10. The van der Waals surface area contributed by atoms with Crippen LogP contribution < -0.4 is 15.2 Å². The van der Waals surface area contributed by atoms with Crippen molar-refractivity contribution in [1.29, 1.82) is 0 Å². The van der Waals surface area contributed by atoms with Gasteiger partial charge in [0.2, 0.25) is 0 Å². The number of anilines is 1. The molecule has 0 unspecified atom stereocenters. The second-order valence-corrected chi connectivity index (χ2v) is 4.58. The first-order valence-electron chi connectivity index (χ1n) is 5.50. The molecule has 2 N–H and O–H groups in total. The summed E-state index contributed by atoms with van der Waals surface area (Å²) in [6.45, 7) is 0.457. The zero-order valence-corrected chi connectivity index (χ0v) is 11.6. The summed E-state index contributed by atoms with van der Waals surface area (Å²) in [6.07, 6.45) is 0. The van der Waals surface area contributed by atoms with E-state index in [-0.39, 0.29) is 0 Å². The van der Waals surface area contributed by atoms with Crippen LogP contribution in [0.2, 0.25) is 0 Å². The topological polar surface area (TPSA) is 44.5 Å². The van der Waals surface area contributed by atoms with Gasteiger partial charge in [-0.2, -0.15) is 0 Å². The molecule has 0 aliphatic carbocycles. The Balaban J connectivity index is 2.09. The molecule has 0 saturated heterocycles. The lowest BCUT2D eigenvalue weighted by molar-refractivity contribution is 0.303. The molecule has 0 spiro atoms. The molecule has 0 saturated carbocycles. The summed E-state index contributed by atoms with van der Waals surface area (Å²) in [5.74, 6) is 1.54. The highest BCUT2D eigenvalue weighted by atomic mass is 79.9. The van der Waals surface area contributed by atoms with E-state index in [4.69, 9.17) is 15.2 Å². The molecule has 0 heterocycles. The third kappa shape index (κ3) is 2.96. The Bertz CT molecular complexity index is 543. The number of rotatable bonds is 4. The minimum Gasteiger partial charge on any atom is -0.497 e. The normalized spacial score (nSPS) is 10.1. The molecule has 2 aromatic rings. The van der Waals surface area contributed by atoms with Crippen molar-refractivity contribution in [2.75, 3.05) is 12.8 Å². The van der Waals surface area contributed by atoms with Crippen molar-refractivity contribution < 1.29 is 9.47 Å². The molecule has 0 bridgehead atoms. The van der Waals surface area contributed by atoms with Gasteiger partial charge in [-0.1, -0.05) is 18.2 Å². The van der Waals surface area contributed by atoms with Gasteiger partial charge in [-0.25, -0.2) is 0 Å².